The molecule has 0 aromatic heterocycles. The molecule has 1 unspecified atom stereocenters. The van der Waals surface area contributed by atoms with Crippen LogP contribution in [0.2, 0.25) is 0 Å². The zero-order valence-electron chi connectivity index (χ0n) is 9.50. The molecule has 0 spiro atoms. The average Bonchev–Trinajstić information content (AvgIpc) is 2.16. The van der Waals surface area contributed by atoms with E-state index in [2.05, 4.69) is 0 Å². The normalized spacial score (nSPS) is 23.1. The number of nitrogens with two attached hydrogens (primary N) is 1. The fourth-order valence-corrected chi connectivity index (χ4v) is 5.42. The summed E-state index contributed by atoms with van der Waals surface area (Å²) in [6, 6.07) is 0. The standard InChI is InChI=1S/C8H16N2O4S3/c1-2-7(8(9)15)17(13,14)10-3-5-16(11,12)6-4-10/h7H,2-6H2,1H3,(H2,9,15). The van der Waals surface area contributed by atoms with E-state index in [1.165, 1.54) is 4.31 Å². The number of rotatable bonds is 4. The second-order valence-electron chi connectivity index (χ2n) is 3.90. The molecule has 1 aliphatic heterocycles. The Labute approximate surface area is 107 Å². The first-order valence-electron chi connectivity index (χ1n) is 5.19. The number of sulfonamides is 1. The van der Waals surface area contributed by atoms with Crippen LogP contribution in [-0.2, 0) is 19.9 Å². The second kappa shape index (κ2) is 5.17. The van der Waals surface area contributed by atoms with Crippen molar-refractivity contribution >= 4 is 37.1 Å². The van der Waals surface area contributed by atoms with E-state index in [1.807, 2.05) is 0 Å². The molecular weight excluding hydrogens is 284 g/mol. The van der Waals surface area contributed by atoms with Crippen molar-refractivity contribution in [2.75, 3.05) is 24.6 Å². The minimum absolute atomic E-state index is 0.0101. The van der Waals surface area contributed by atoms with Gasteiger partial charge in [0.2, 0.25) is 10.0 Å². The SMILES string of the molecule is CCC(C(N)=S)S(=O)(=O)N1CCS(=O)(=O)CC1. The van der Waals surface area contributed by atoms with Crippen molar-refractivity contribution in [3.8, 4) is 0 Å². The summed E-state index contributed by atoms with van der Waals surface area (Å²) >= 11 is 4.73. The van der Waals surface area contributed by atoms with Gasteiger partial charge in [0.25, 0.3) is 0 Å². The van der Waals surface area contributed by atoms with Gasteiger partial charge >= 0.3 is 0 Å². The van der Waals surface area contributed by atoms with Gasteiger partial charge in [-0.2, -0.15) is 4.31 Å². The van der Waals surface area contributed by atoms with Gasteiger partial charge in [-0.25, -0.2) is 16.8 Å². The van der Waals surface area contributed by atoms with Gasteiger partial charge in [0.1, 0.15) is 5.25 Å². The van der Waals surface area contributed by atoms with Gasteiger partial charge in [-0.1, -0.05) is 19.1 Å². The van der Waals surface area contributed by atoms with Gasteiger partial charge in [-0.15, -0.1) is 0 Å². The molecule has 1 heterocycles. The second-order valence-corrected chi connectivity index (χ2v) is 8.79. The molecular formula is C8H16N2O4S3. The Kier molecular flexibility index (Phi) is 4.50. The lowest BCUT2D eigenvalue weighted by Crippen LogP contribution is -2.50. The third-order valence-corrected chi connectivity index (χ3v) is 7.15. The minimum atomic E-state index is -3.62. The van der Waals surface area contributed by atoms with Crippen molar-refractivity contribution in [2.45, 2.75) is 18.6 Å². The molecule has 0 radical (unpaired) electrons. The molecule has 2 N–H and O–H groups in total. The summed E-state index contributed by atoms with van der Waals surface area (Å²) < 4.78 is 47.9. The number of hydrogen-bond donors (Lipinski definition) is 1. The highest BCUT2D eigenvalue weighted by Gasteiger charge is 2.36. The number of thiocarbonyl (C=S) groups is 1. The van der Waals surface area contributed by atoms with Gasteiger partial charge in [-0.3, -0.25) is 0 Å². The van der Waals surface area contributed by atoms with E-state index in [1.54, 1.807) is 6.92 Å². The summed E-state index contributed by atoms with van der Waals surface area (Å²) in [6.45, 7) is 1.66. The molecule has 6 nitrogen and oxygen atoms in total. The van der Waals surface area contributed by atoms with Crippen molar-refractivity contribution < 1.29 is 16.8 Å². The highest BCUT2D eigenvalue weighted by molar-refractivity contribution is 7.93. The molecule has 1 rings (SSSR count). The molecule has 1 atom stereocenters. The predicted molar refractivity (Wildman–Crippen MR) is 70.0 cm³/mol. The van der Waals surface area contributed by atoms with Crippen molar-refractivity contribution in [3.63, 3.8) is 0 Å². The van der Waals surface area contributed by atoms with Gasteiger partial charge in [0.15, 0.2) is 9.84 Å². The third-order valence-electron chi connectivity index (χ3n) is 2.71. The monoisotopic (exact) mass is 300 g/mol. The highest BCUT2D eigenvalue weighted by Crippen LogP contribution is 2.16. The largest absolute Gasteiger partial charge is 0.392 e. The van der Waals surface area contributed by atoms with Crippen LogP contribution in [0.1, 0.15) is 13.3 Å². The molecule has 0 aliphatic carbocycles. The Morgan fingerprint density at radius 3 is 2.24 bits per heavy atom. The van der Waals surface area contributed by atoms with E-state index in [0.29, 0.717) is 6.42 Å². The fourth-order valence-electron chi connectivity index (χ4n) is 1.69. The van der Waals surface area contributed by atoms with Crippen LogP contribution in [-0.4, -0.2) is 56.0 Å². The lowest BCUT2D eigenvalue weighted by molar-refractivity contribution is 0.427. The topological polar surface area (TPSA) is 97.5 Å². The molecule has 1 aliphatic rings. The number of hydrogen-bond acceptors (Lipinski definition) is 5. The summed E-state index contributed by atoms with van der Waals surface area (Å²) in [7, 11) is -6.72. The Morgan fingerprint density at radius 2 is 1.88 bits per heavy atom. The van der Waals surface area contributed by atoms with E-state index in [9.17, 15) is 16.8 Å². The quantitative estimate of drug-likeness (QED) is 0.677. The van der Waals surface area contributed by atoms with Crippen LogP contribution < -0.4 is 5.73 Å². The zero-order valence-corrected chi connectivity index (χ0v) is 11.9. The molecule has 100 valence electrons. The van der Waals surface area contributed by atoms with E-state index in [0.717, 1.165) is 0 Å². The van der Waals surface area contributed by atoms with E-state index in [4.69, 9.17) is 18.0 Å². The van der Waals surface area contributed by atoms with E-state index in [-0.39, 0.29) is 29.6 Å². The molecule has 0 aromatic rings. The van der Waals surface area contributed by atoms with Gasteiger partial charge in [0.05, 0.1) is 16.5 Å². The average molecular weight is 300 g/mol. The molecule has 1 fully saturated rings. The van der Waals surface area contributed by atoms with Crippen LogP contribution in [0.15, 0.2) is 0 Å². The molecule has 0 amide bonds. The van der Waals surface area contributed by atoms with Gasteiger partial charge in [0, 0.05) is 13.1 Å². The van der Waals surface area contributed by atoms with Crippen molar-refractivity contribution in [1.82, 2.24) is 4.31 Å². The fraction of sp³-hybridized carbons (Fsp3) is 0.875. The third kappa shape index (κ3) is 3.36. The number of sulfone groups is 1. The Hall–Kier alpha value is -0.250. The lowest BCUT2D eigenvalue weighted by Gasteiger charge is -2.29. The summed E-state index contributed by atoms with van der Waals surface area (Å²) in [5.41, 5.74) is 5.40. The minimum Gasteiger partial charge on any atom is -0.392 e. The van der Waals surface area contributed by atoms with Gasteiger partial charge < -0.3 is 5.73 Å². The Bertz CT molecular complexity index is 483. The first kappa shape index (κ1) is 14.8. The van der Waals surface area contributed by atoms with Crippen molar-refractivity contribution in [2.24, 2.45) is 5.73 Å². The van der Waals surface area contributed by atoms with Crippen LogP contribution in [0.5, 0.6) is 0 Å². The maximum atomic E-state index is 12.1. The van der Waals surface area contributed by atoms with Crippen molar-refractivity contribution in [1.29, 1.82) is 0 Å². The first-order valence-corrected chi connectivity index (χ1v) is 8.92. The Balaban J connectivity index is 2.90. The van der Waals surface area contributed by atoms with E-state index < -0.39 is 25.1 Å². The first-order chi connectivity index (χ1) is 7.70. The summed E-state index contributed by atoms with van der Waals surface area (Å²) in [5, 5.41) is -0.904. The molecule has 9 heteroatoms. The number of nitrogens with zero attached hydrogens (tertiary/aromatic N) is 1. The van der Waals surface area contributed by atoms with Gasteiger partial charge in [-0.05, 0) is 6.42 Å². The van der Waals surface area contributed by atoms with E-state index >= 15 is 0 Å². The lowest BCUT2D eigenvalue weighted by atomic mass is 10.3. The highest BCUT2D eigenvalue weighted by atomic mass is 32.2. The maximum Gasteiger partial charge on any atom is 0.223 e. The van der Waals surface area contributed by atoms with Crippen molar-refractivity contribution in [3.05, 3.63) is 0 Å². The van der Waals surface area contributed by atoms with Crippen LogP contribution in [0.4, 0.5) is 0 Å². The molecule has 17 heavy (non-hydrogen) atoms. The molecule has 0 saturated carbocycles. The van der Waals surface area contributed by atoms with Crippen LogP contribution in [0.25, 0.3) is 0 Å². The zero-order chi connectivity index (χ0) is 13.3. The smallest absolute Gasteiger partial charge is 0.223 e. The van der Waals surface area contributed by atoms with Crippen LogP contribution >= 0.6 is 12.2 Å². The summed E-state index contributed by atoms with van der Waals surface area (Å²) in [5.74, 6) is -0.278. The summed E-state index contributed by atoms with van der Waals surface area (Å²) in [6.07, 6.45) is 0.293. The molecule has 0 bridgehead atoms. The van der Waals surface area contributed by atoms with Crippen LogP contribution in [0, 0.1) is 0 Å². The summed E-state index contributed by atoms with van der Waals surface area (Å²) in [4.78, 5) is -0.0686. The maximum absolute atomic E-state index is 12.1. The molecule has 1 saturated heterocycles. The molecule has 0 aromatic carbocycles. The van der Waals surface area contributed by atoms with Crippen LogP contribution in [0.3, 0.4) is 0 Å². The Morgan fingerprint density at radius 1 is 1.41 bits per heavy atom. The predicted octanol–water partition coefficient (Wildman–Crippen LogP) is -0.889.